The number of furan rings is 1. The summed E-state index contributed by atoms with van der Waals surface area (Å²) in [4.78, 5) is 29.5. The Morgan fingerprint density at radius 3 is 2.67 bits per heavy atom. The molecule has 3 unspecified atom stereocenters. The predicted molar refractivity (Wildman–Crippen MR) is 150 cm³/mol. The highest BCUT2D eigenvalue weighted by Gasteiger charge is 2.43. The van der Waals surface area contributed by atoms with Crippen LogP contribution in [-0.4, -0.2) is 59.4 Å². The molecule has 0 spiro atoms. The van der Waals surface area contributed by atoms with Crippen molar-refractivity contribution >= 4 is 17.2 Å². The molecule has 202 valence electrons. The number of aromatic nitrogens is 1. The van der Waals surface area contributed by atoms with Gasteiger partial charge in [0.2, 0.25) is 0 Å². The van der Waals surface area contributed by atoms with E-state index in [-0.39, 0.29) is 11.7 Å². The Balaban J connectivity index is 1.17. The summed E-state index contributed by atoms with van der Waals surface area (Å²) < 4.78 is 7.63. The van der Waals surface area contributed by atoms with Crippen LogP contribution in [0.1, 0.15) is 41.6 Å². The summed E-state index contributed by atoms with van der Waals surface area (Å²) in [7, 11) is 0. The Labute approximate surface area is 228 Å². The molecule has 3 aromatic heterocycles. The fourth-order valence-electron chi connectivity index (χ4n) is 6.28. The first-order valence-corrected chi connectivity index (χ1v) is 13.7. The molecular weight excluding hydrogens is 490 g/mol. The van der Waals surface area contributed by atoms with E-state index in [1.54, 1.807) is 6.26 Å². The lowest BCUT2D eigenvalue weighted by Gasteiger charge is -2.49. The molecule has 1 aromatic carbocycles. The number of aryl methyl sites for hydroxylation is 1. The maximum atomic E-state index is 13.6. The van der Waals surface area contributed by atoms with E-state index in [1.807, 2.05) is 78.2 Å². The monoisotopic (exact) mass is 525 g/mol. The molecule has 3 atom stereocenters. The second-order valence-corrected chi connectivity index (χ2v) is 10.8. The molecule has 0 saturated carbocycles. The zero-order valence-corrected chi connectivity index (χ0v) is 22.4. The molecule has 1 amide bonds. The van der Waals surface area contributed by atoms with E-state index in [1.165, 1.54) is 0 Å². The molecule has 4 aromatic rings. The summed E-state index contributed by atoms with van der Waals surface area (Å²) in [5.41, 5.74) is 3.81. The number of nitrogens with one attached hydrogen (secondary N) is 3. The zero-order chi connectivity index (χ0) is 27.0. The van der Waals surface area contributed by atoms with Crippen molar-refractivity contribution in [3.8, 4) is 11.1 Å². The molecule has 2 saturated heterocycles. The minimum atomic E-state index is -0.591. The highest BCUT2D eigenvalue weighted by molar-refractivity contribution is 6.43. The van der Waals surface area contributed by atoms with Crippen molar-refractivity contribution < 1.29 is 14.0 Å². The van der Waals surface area contributed by atoms with Gasteiger partial charge in [-0.25, -0.2) is 0 Å². The molecule has 2 aliphatic rings. The van der Waals surface area contributed by atoms with Crippen LogP contribution in [0.3, 0.4) is 0 Å². The average Bonchev–Trinajstić information content (AvgIpc) is 3.63. The molecule has 0 aliphatic carbocycles. The summed E-state index contributed by atoms with van der Waals surface area (Å²) in [6.45, 7) is 7.62. The second-order valence-electron chi connectivity index (χ2n) is 10.8. The third-order valence-electron chi connectivity index (χ3n) is 8.36. The third-order valence-corrected chi connectivity index (χ3v) is 8.36. The van der Waals surface area contributed by atoms with Crippen LogP contribution in [0, 0.1) is 6.92 Å². The lowest BCUT2D eigenvalue weighted by atomic mass is 9.89. The number of fused-ring (bicyclic) bond motifs is 1. The van der Waals surface area contributed by atoms with E-state index in [4.69, 9.17) is 4.42 Å². The maximum Gasteiger partial charge on any atom is 0.295 e. The van der Waals surface area contributed by atoms with Crippen molar-refractivity contribution in [3.63, 3.8) is 0 Å². The Morgan fingerprint density at radius 2 is 1.90 bits per heavy atom. The van der Waals surface area contributed by atoms with Gasteiger partial charge in [-0.2, -0.15) is 0 Å². The van der Waals surface area contributed by atoms with E-state index < -0.39 is 11.7 Å². The average molecular weight is 526 g/mol. The van der Waals surface area contributed by atoms with Crippen molar-refractivity contribution in [1.82, 2.24) is 25.3 Å². The van der Waals surface area contributed by atoms with E-state index >= 15 is 0 Å². The van der Waals surface area contributed by atoms with Crippen LogP contribution in [0.15, 0.2) is 77.5 Å². The first kappa shape index (κ1) is 25.6. The zero-order valence-electron chi connectivity index (χ0n) is 22.4. The quantitative estimate of drug-likeness (QED) is 0.263. The number of carbonyl (C=O) groups excluding carboxylic acids is 2. The van der Waals surface area contributed by atoms with Gasteiger partial charge >= 0.3 is 0 Å². The number of nitrogens with zero attached hydrogens (tertiary/aromatic N) is 2. The number of hydrogen-bond donors (Lipinski definition) is 3. The van der Waals surface area contributed by atoms with Crippen LogP contribution < -0.4 is 16.0 Å². The largest absolute Gasteiger partial charge is 0.467 e. The summed E-state index contributed by atoms with van der Waals surface area (Å²) >= 11 is 0. The lowest BCUT2D eigenvalue weighted by molar-refractivity contribution is -0.118. The van der Waals surface area contributed by atoms with Gasteiger partial charge in [-0.05, 0) is 68.1 Å². The molecule has 39 heavy (non-hydrogen) atoms. The maximum absolute atomic E-state index is 13.6. The highest BCUT2D eigenvalue weighted by Crippen LogP contribution is 2.34. The Hall–Kier alpha value is -3.72. The third kappa shape index (κ3) is 4.69. The molecule has 8 nitrogen and oxygen atoms in total. The summed E-state index contributed by atoms with van der Waals surface area (Å²) in [6, 6.07) is 20.0. The number of piperidine rings is 1. The number of amides is 1. The van der Waals surface area contributed by atoms with Gasteiger partial charge in [0.05, 0.1) is 18.0 Å². The highest BCUT2D eigenvalue weighted by atomic mass is 16.3. The topological polar surface area (TPSA) is 91.0 Å². The van der Waals surface area contributed by atoms with Crippen LogP contribution in [0.5, 0.6) is 0 Å². The van der Waals surface area contributed by atoms with Gasteiger partial charge in [0.25, 0.3) is 11.7 Å². The van der Waals surface area contributed by atoms with Crippen molar-refractivity contribution in [2.45, 2.75) is 44.4 Å². The molecule has 5 heterocycles. The number of pyridine rings is 1. The number of hydrogen-bond acceptors (Lipinski definition) is 6. The molecule has 2 fully saturated rings. The molecular formula is C31H35N5O3. The first-order valence-electron chi connectivity index (χ1n) is 13.7. The second kappa shape index (κ2) is 10.4. The van der Waals surface area contributed by atoms with Crippen LogP contribution in [0.4, 0.5) is 0 Å². The van der Waals surface area contributed by atoms with Crippen molar-refractivity contribution in [3.05, 3.63) is 90.1 Å². The van der Waals surface area contributed by atoms with E-state index in [9.17, 15) is 9.59 Å². The molecule has 8 heteroatoms. The smallest absolute Gasteiger partial charge is 0.295 e. The van der Waals surface area contributed by atoms with Crippen LogP contribution in [0.25, 0.3) is 16.6 Å². The number of ketones is 1. The van der Waals surface area contributed by atoms with Gasteiger partial charge in [-0.15, -0.1) is 0 Å². The number of benzene rings is 1. The SMILES string of the molecule is Cc1ccccc1-c1cc2ccccn2c1C(=O)C(=O)NC1CCC(N2CCNCC2(C)c2ccco2)CN1. The molecule has 2 aliphatic heterocycles. The summed E-state index contributed by atoms with van der Waals surface area (Å²) in [6.07, 6.45) is 4.95. The van der Waals surface area contributed by atoms with Crippen LogP contribution in [-0.2, 0) is 10.3 Å². The molecule has 0 bridgehead atoms. The number of rotatable bonds is 6. The van der Waals surface area contributed by atoms with E-state index in [0.29, 0.717) is 11.7 Å². The molecule has 6 rings (SSSR count). The van der Waals surface area contributed by atoms with E-state index in [0.717, 1.165) is 67.0 Å². The van der Waals surface area contributed by atoms with Crippen molar-refractivity contribution in [2.75, 3.05) is 26.2 Å². The fourth-order valence-corrected chi connectivity index (χ4v) is 6.28. The van der Waals surface area contributed by atoms with Gasteiger partial charge in [-0.3, -0.25) is 19.8 Å². The van der Waals surface area contributed by atoms with Gasteiger partial charge in [0.1, 0.15) is 11.5 Å². The van der Waals surface area contributed by atoms with E-state index in [2.05, 4.69) is 27.8 Å². The molecule has 3 N–H and O–H groups in total. The Kier molecular flexibility index (Phi) is 6.85. The van der Waals surface area contributed by atoms with Gasteiger partial charge in [0.15, 0.2) is 0 Å². The lowest BCUT2D eigenvalue weighted by Crippen LogP contribution is -2.65. The minimum Gasteiger partial charge on any atom is -0.467 e. The minimum absolute atomic E-state index is 0.234. The standard InChI is InChI=1S/C31H35N5O3/c1-21-8-3-4-10-24(21)25-18-22-9-5-6-15-35(22)28(25)29(37)30(38)34-27-13-12-23(19-33-27)36-16-14-32-20-31(36,2)26-11-7-17-39-26/h3-11,15,17-18,23,27,32-33H,12-14,16,19-20H2,1-2H3,(H,34,38). The summed E-state index contributed by atoms with van der Waals surface area (Å²) in [5, 5.41) is 9.97. The number of piperazine rings is 1. The fraction of sp³-hybridized carbons (Fsp3) is 0.355. The summed E-state index contributed by atoms with van der Waals surface area (Å²) in [5.74, 6) is -0.164. The van der Waals surface area contributed by atoms with Crippen molar-refractivity contribution in [2.24, 2.45) is 0 Å². The van der Waals surface area contributed by atoms with Gasteiger partial charge in [-0.1, -0.05) is 30.3 Å². The predicted octanol–water partition coefficient (Wildman–Crippen LogP) is 3.71. The number of Topliss-reactive ketones (excluding diaryl/α,β-unsaturated/α-hetero) is 1. The van der Waals surface area contributed by atoms with Crippen LogP contribution in [0.2, 0.25) is 0 Å². The Bertz CT molecular complexity index is 1490. The normalized spacial score (nSPS) is 24.1. The first-order chi connectivity index (χ1) is 19.0. The molecule has 0 radical (unpaired) electrons. The Morgan fingerprint density at radius 1 is 1.05 bits per heavy atom. The van der Waals surface area contributed by atoms with Crippen LogP contribution >= 0.6 is 0 Å². The number of carbonyl (C=O) groups is 2. The van der Waals surface area contributed by atoms with Gasteiger partial charge < -0.3 is 19.5 Å². The van der Waals surface area contributed by atoms with Gasteiger partial charge in [0, 0.05) is 49.5 Å². The van der Waals surface area contributed by atoms with Crippen molar-refractivity contribution in [1.29, 1.82) is 0 Å².